The number of hydrogen-bond donors (Lipinski definition) is 0. The summed E-state index contributed by atoms with van der Waals surface area (Å²) in [7, 11) is 3.46. The minimum absolute atomic E-state index is 0.0229. The molecule has 0 aliphatic carbocycles. The molecule has 0 fully saturated rings. The van der Waals surface area contributed by atoms with E-state index in [1.165, 1.54) is 0 Å². The Labute approximate surface area is 135 Å². The monoisotopic (exact) mass is 312 g/mol. The van der Waals surface area contributed by atoms with Crippen LogP contribution in [-0.4, -0.2) is 42.6 Å². The zero-order valence-corrected chi connectivity index (χ0v) is 13.4. The van der Waals surface area contributed by atoms with Gasteiger partial charge in [0.2, 0.25) is 0 Å². The average Bonchev–Trinajstić information content (AvgIpc) is 2.59. The largest absolute Gasteiger partial charge is 0.486 e. The number of fused-ring (bicyclic) bond motifs is 1. The third kappa shape index (κ3) is 3.62. The summed E-state index contributed by atoms with van der Waals surface area (Å²) in [5.41, 5.74) is 1.55. The molecule has 1 amide bonds. The first-order valence-corrected chi connectivity index (χ1v) is 7.68. The maximum absolute atomic E-state index is 11.8. The lowest BCUT2D eigenvalue weighted by Gasteiger charge is -2.26. The summed E-state index contributed by atoms with van der Waals surface area (Å²) in [5, 5.41) is 0. The highest BCUT2D eigenvalue weighted by Crippen LogP contribution is 2.31. The van der Waals surface area contributed by atoms with Crippen LogP contribution in [-0.2, 0) is 6.42 Å². The Morgan fingerprint density at radius 2 is 2.00 bits per heavy atom. The van der Waals surface area contributed by atoms with Crippen LogP contribution in [0.25, 0.3) is 0 Å². The van der Waals surface area contributed by atoms with E-state index in [9.17, 15) is 4.79 Å². The third-order valence-electron chi connectivity index (χ3n) is 3.77. The van der Waals surface area contributed by atoms with Gasteiger partial charge >= 0.3 is 0 Å². The molecule has 0 saturated carbocycles. The molecule has 1 aliphatic heterocycles. The first-order valence-electron chi connectivity index (χ1n) is 7.68. The van der Waals surface area contributed by atoms with Crippen LogP contribution in [0.4, 0.5) is 0 Å². The van der Waals surface area contributed by atoms with Gasteiger partial charge in [-0.1, -0.05) is 12.1 Å². The number of carbonyl (C=O) groups is 1. The number of benzene rings is 1. The first-order chi connectivity index (χ1) is 11.1. The van der Waals surface area contributed by atoms with Crippen molar-refractivity contribution in [3.63, 3.8) is 0 Å². The molecule has 120 valence electrons. The minimum Gasteiger partial charge on any atom is -0.486 e. The standard InChI is InChI=1S/C18H20N2O3/c1-20(2)18(21)13-7-8-14(19-11-13)9-10-15-12-22-16-5-3-4-6-17(16)23-15/h3-8,11,15H,9-10,12H2,1-2H3. The molecule has 2 aromatic rings. The van der Waals surface area contributed by atoms with Gasteiger partial charge in [0.15, 0.2) is 11.5 Å². The first kappa shape index (κ1) is 15.3. The molecule has 23 heavy (non-hydrogen) atoms. The average molecular weight is 312 g/mol. The maximum atomic E-state index is 11.8. The normalized spacial score (nSPS) is 16.0. The minimum atomic E-state index is -0.0373. The van der Waals surface area contributed by atoms with Crippen LogP contribution in [0.15, 0.2) is 42.6 Å². The van der Waals surface area contributed by atoms with Crippen LogP contribution in [0.3, 0.4) is 0 Å². The zero-order chi connectivity index (χ0) is 16.2. The lowest BCUT2D eigenvalue weighted by molar-refractivity contribution is 0.0826. The molecule has 0 radical (unpaired) electrons. The van der Waals surface area contributed by atoms with E-state index in [4.69, 9.17) is 9.47 Å². The smallest absolute Gasteiger partial charge is 0.254 e. The molecular weight excluding hydrogens is 292 g/mol. The molecule has 1 aliphatic rings. The van der Waals surface area contributed by atoms with Crippen LogP contribution >= 0.6 is 0 Å². The molecule has 0 spiro atoms. The summed E-state index contributed by atoms with van der Waals surface area (Å²) in [6, 6.07) is 11.4. The number of nitrogens with zero attached hydrogens (tertiary/aromatic N) is 2. The van der Waals surface area contributed by atoms with E-state index in [0.29, 0.717) is 12.2 Å². The van der Waals surface area contributed by atoms with Crippen molar-refractivity contribution in [2.24, 2.45) is 0 Å². The fraction of sp³-hybridized carbons (Fsp3) is 0.333. The summed E-state index contributed by atoms with van der Waals surface area (Å²) >= 11 is 0. The number of carbonyl (C=O) groups excluding carboxylic acids is 1. The van der Waals surface area contributed by atoms with E-state index in [0.717, 1.165) is 30.0 Å². The summed E-state index contributed by atoms with van der Waals surface area (Å²) in [6.07, 6.45) is 3.26. The van der Waals surface area contributed by atoms with E-state index in [2.05, 4.69) is 4.98 Å². The summed E-state index contributed by atoms with van der Waals surface area (Å²) < 4.78 is 11.6. The molecular formula is C18H20N2O3. The molecule has 1 unspecified atom stereocenters. The Morgan fingerprint density at radius 3 is 2.70 bits per heavy atom. The number of hydrogen-bond acceptors (Lipinski definition) is 4. The van der Waals surface area contributed by atoms with Gasteiger partial charge in [0.25, 0.3) is 5.91 Å². The summed E-state index contributed by atoms with van der Waals surface area (Å²) in [6.45, 7) is 0.550. The highest BCUT2D eigenvalue weighted by atomic mass is 16.6. The second-order valence-corrected chi connectivity index (χ2v) is 5.77. The zero-order valence-electron chi connectivity index (χ0n) is 13.4. The molecule has 5 heteroatoms. The van der Waals surface area contributed by atoms with E-state index in [-0.39, 0.29) is 12.0 Å². The molecule has 1 aromatic carbocycles. The lowest BCUT2D eigenvalue weighted by Crippen LogP contribution is -2.29. The Hall–Kier alpha value is -2.56. The molecule has 0 saturated heterocycles. The van der Waals surface area contributed by atoms with E-state index in [1.54, 1.807) is 25.2 Å². The third-order valence-corrected chi connectivity index (χ3v) is 3.77. The fourth-order valence-corrected chi connectivity index (χ4v) is 2.47. The lowest BCUT2D eigenvalue weighted by atomic mass is 10.1. The molecule has 3 rings (SSSR count). The van der Waals surface area contributed by atoms with Gasteiger partial charge in [-0.15, -0.1) is 0 Å². The van der Waals surface area contributed by atoms with Crippen LogP contribution < -0.4 is 9.47 Å². The predicted molar refractivity (Wildman–Crippen MR) is 86.9 cm³/mol. The number of amides is 1. The highest BCUT2D eigenvalue weighted by Gasteiger charge is 2.20. The van der Waals surface area contributed by atoms with Gasteiger partial charge in [-0.3, -0.25) is 9.78 Å². The van der Waals surface area contributed by atoms with Crippen LogP contribution in [0.5, 0.6) is 11.5 Å². The topological polar surface area (TPSA) is 51.7 Å². The Balaban J connectivity index is 1.56. The Bertz CT molecular complexity index is 683. The van der Waals surface area contributed by atoms with E-state index < -0.39 is 0 Å². The van der Waals surface area contributed by atoms with Gasteiger partial charge in [-0.25, -0.2) is 0 Å². The molecule has 0 bridgehead atoms. The van der Waals surface area contributed by atoms with Crippen LogP contribution in [0.1, 0.15) is 22.5 Å². The fourth-order valence-electron chi connectivity index (χ4n) is 2.47. The van der Waals surface area contributed by atoms with Crippen molar-refractivity contribution >= 4 is 5.91 Å². The van der Waals surface area contributed by atoms with Gasteiger partial charge in [-0.05, 0) is 37.1 Å². The second kappa shape index (κ2) is 6.69. The second-order valence-electron chi connectivity index (χ2n) is 5.77. The number of rotatable bonds is 4. The van der Waals surface area contributed by atoms with Crippen molar-refractivity contribution in [1.29, 1.82) is 0 Å². The summed E-state index contributed by atoms with van der Waals surface area (Å²) in [5.74, 6) is 1.56. The molecule has 1 atom stereocenters. The van der Waals surface area contributed by atoms with Gasteiger partial charge in [0, 0.05) is 26.0 Å². The van der Waals surface area contributed by atoms with Crippen molar-refractivity contribution in [2.75, 3.05) is 20.7 Å². The van der Waals surface area contributed by atoms with Crippen molar-refractivity contribution in [1.82, 2.24) is 9.88 Å². The number of ether oxygens (including phenoxy) is 2. The number of para-hydroxylation sites is 2. The SMILES string of the molecule is CN(C)C(=O)c1ccc(CCC2COc3ccccc3O2)nc1. The molecule has 0 N–H and O–H groups in total. The van der Waals surface area contributed by atoms with Crippen LogP contribution in [0.2, 0.25) is 0 Å². The van der Waals surface area contributed by atoms with Crippen molar-refractivity contribution < 1.29 is 14.3 Å². The van der Waals surface area contributed by atoms with E-state index in [1.807, 2.05) is 36.4 Å². The van der Waals surface area contributed by atoms with Crippen LogP contribution in [0, 0.1) is 0 Å². The quantitative estimate of drug-likeness (QED) is 0.870. The van der Waals surface area contributed by atoms with Crippen molar-refractivity contribution in [3.05, 3.63) is 53.9 Å². The maximum Gasteiger partial charge on any atom is 0.254 e. The van der Waals surface area contributed by atoms with E-state index >= 15 is 0 Å². The van der Waals surface area contributed by atoms with Crippen molar-refractivity contribution in [3.8, 4) is 11.5 Å². The number of pyridine rings is 1. The van der Waals surface area contributed by atoms with Gasteiger partial charge in [0.1, 0.15) is 12.7 Å². The molecule has 2 heterocycles. The molecule has 5 nitrogen and oxygen atoms in total. The van der Waals surface area contributed by atoms with Crippen molar-refractivity contribution in [2.45, 2.75) is 18.9 Å². The van der Waals surface area contributed by atoms with Gasteiger partial charge < -0.3 is 14.4 Å². The predicted octanol–water partition coefficient (Wildman–Crippen LogP) is 2.56. The Morgan fingerprint density at radius 1 is 1.22 bits per heavy atom. The van der Waals surface area contributed by atoms with Gasteiger partial charge in [0.05, 0.1) is 5.56 Å². The highest BCUT2D eigenvalue weighted by molar-refractivity contribution is 5.93. The number of aryl methyl sites for hydroxylation is 1. The Kier molecular flexibility index (Phi) is 4.46. The number of aromatic nitrogens is 1. The molecule has 1 aromatic heterocycles. The van der Waals surface area contributed by atoms with Gasteiger partial charge in [-0.2, -0.15) is 0 Å². The summed E-state index contributed by atoms with van der Waals surface area (Å²) in [4.78, 5) is 17.7.